The van der Waals surface area contributed by atoms with Crippen LogP contribution >= 0.6 is 0 Å². The highest BCUT2D eigenvalue weighted by Crippen LogP contribution is 2.25. The summed E-state index contributed by atoms with van der Waals surface area (Å²) in [5.41, 5.74) is 0. The number of carbonyl (C=O) groups excluding carboxylic acids is 2. The Hall–Kier alpha value is -1.14. The molecule has 3 fully saturated rings. The van der Waals surface area contributed by atoms with E-state index in [0.717, 1.165) is 52.1 Å². The Kier molecular flexibility index (Phi) is 4.92. The Labute approximate surface area is 139 Å². The number of piperazine rings is 1. The highest BCUT2D eigenvalue weighted by atomic mass is 16.2. The number of likely N-dealkylation sites (tertiary alicyclic amines) is 1. The van der Waals surface area contributed by atoms with Crippen LogP contribution in [-0.4, -0.2) is 83.9 Å². The molecule has 2 saturated heterocycles. The van der Waals surface area contributed by atoms with Gasteiger partial charge >= 0.3 is 0 Å². The van der Waals surface area contributed by atoms with Crippen LogP contribution in [0.2, 0.25) is 0 Å². The second-order valence-electron chi connectivity index (χ2n) is 7.50. The molecule has 3 atom stereocenters. The molecule has 0 unspecified atom stereocenters. The maximum absolute atomic E-state index is 12.3. The molecular formula is C17H30N4O2. The summed E-state index contributed by atoms with van der Waals surface area (Å²) < 4.78 is 0. The molecule has 130 valence electrons. The summed E-state index contributed by atoms with van der Waals surface area (Å²) in [5.74, 6) is 0.924. The van der Waals surface area contributed by atoms with Gasteiger partial charge in [-0.3, -0.25) is 19.4 Å². The molecule has 3 aliphatic rings. The van der Waals surface area contributed by atoms with Crippen molar-refractivity contribution in [3.63, 3.8) is 0 Å². The number of nitrogens with one attached hydrogen (secondary N) is 1. The fourth-order valence-corrected chi connectivity index (χ4v) is 3.86. The molecule has 0 bridgehead atoms. The van der Waals surface area contributed by atoms with E-state index in [-0.39, 0.29) is 17.9 Å². The minimum Gasteiger partial charge on any atom is -0.352 e. The SMILES string of the molecule is CC(=O)N1CCN([C@@H]2CN([C@H](C)C(=O)NC3CC3)C[C@@H]2C)CC1. The van der Waals surface area contributed by atoms with E-state index < -0.39 is 0 Å². The van der Waals surface area contributed by atoms with Gasteiger partial charge < -0.3 is 10.2 Å². The number of nitrogens with zero attached hydrogens (tertiary/aromatic N) is 3. The van der Waals surface area contributed by atoms with E-state index in [1.807, 2.05) is 11.8 Å². The monoisotopic (exact) mass is 322 g/mol. The lowest BCUT2D eigenvalue weighted by molar-refractivity contribution is -0.131. The van der Waals surface area contributed by atoms with Crippen molar-refractivity contribution in [3.8, 4) is 0 Å². The quantitative estimate of drug-likeness (QED) is 0.800. The van der Waals surface area contributed by atoms with Gasteiger partial charge in [0.15, 0.2) is 0 Å². The second-order valence-corrected chi connectivity index (χ2v) is 7.50. The topological polar surface area (TPSA) is 55.9 Å². The summed E-state index contributed by atoms with van der Waals surface area (Å²) in [5, 5.41) is 3.12. The molecule has 1 saturated carbocycles. The van der Waals surface area contributed by atoms with Crippen LogP contribution in [0.4, 0.5) is 0 Å². The van der Waals surface area contributed by atoms with E-state index >= 15 is 0 Å². The Morgan fingerprint density at radius 2 is 1.74 bits per heavy atom. The van der Waals surface area contributed by atoms with Crippen molar-refractivity contribution in [1.29, 1.82) is 0 Å². The fourth-order valence-electron chi connectivity index (χ4n) is 3.86. The number of rotatable bonds is 4. The zero-order chi connectivity index (χ0) is 16.6. The number of amides is 2. The van der Waals surface area contributed by atoms with Crippen molar-refractivity contribution < 1.29 is 9.59 Å². The second kappa shape index (κ2) is 6.77. The number of hydrogen-bond acceptors (Lipinski definition) is 4. The summed E-state index contributed by atoms with van der Waals surface area (Å²) >= 11 is 0. The molecule has 6 heteroatoms. The van der Waals surface area contributed by atoms with E-state index in [1.165, 1.54) is 0 Å². The van der Waals surface area contributed by atoms with Crippen LogP contribution in [0.1, 0.15) is 33.6 Å². The van der Waals surface area contributed by atoms with Crippen molar-refractivity contribution >= 4 is 11.8 Å². The molecule has 23 heavy (non-hydrogen) atoms. The third-order valence-corrected chi connectivity index (χ3v) is 5.68. The standard InChI is InChI=1S/C17H30N4O2/c1-12-10-21(13(2)17(23)18-15-4-5-15)11-16(12)20-8-6-19(7-9-20)14(3)22/h12-13,15-16H,4-11H2,1-3H3,(H,18,23)/t12-,13+,16+/m0/s1. The molecule has 2 aliphatic heterocycles. The first-order chi connectivity index (χ1) is 11.0. The smallest absolute Gasteiger partial charge is 0.237 e. The zero-order valence-corrected chi connectivity index (χ0v) is 14.6. The molecule has 6 nitrogen and oxygen atoms in total. The van der Waals surface area contributed by atoms with Gasteiger partial charge in [-0.25, -0.2) is 0 Å². The van der Waals surface area contributed by atoms with Crippen LogP contribution in [0.3, 0.4) is 0 Å². The van der Waals surface area contributed by atoms with Crippen molar-refractivity contribution in [3.05, 3.63) is 0 Å². The molecule has 0 spiro atoms. The van der Waals surface area contributed by atoms with Gasteiger partial charge in [-0.2, -0.15) is 0 Å². The Balaban J connectivity index is 1.52. The van der Waals surface area contributed by atoms with Gasteiger partial charge in [0.05, 0.1) is 6.04 Å². The molecule has 1 aliphatic carbocycles. The molecule has 0 aromatic carbocycles. The molecule has 2 amide bonds. The van der Waals surface area contributed by atoms with Crippen molar-refractivity contribution in [1.82, 2.24) is 20.0 Å². The van der Waals surface area contributed by atoms with Gasteiger partial charge in [0.25, 0.3) is 0 Å². The lowest BCUT2D eigenvalue weighted by Crippen LogP contribution is -2.53. The van der Waals surface area contributed by atoms with Crippen LogP contribution in [0, 0.1) is 5.92 Å². The summed E-state index contributed by atoms with van der Waals surface area (Å²) in [4.78, 5) is 30.5. The van der Waals surface area contributed by atoms with Crippen molar-refractivity contribution in [2.75, 3.05) is 39.3 Å². The largest absolute Gasteiger partial charge is 0.352 e. The molecule has 0 radical (unpaired) electrons. The third-order valence-electron chi connectivity index (χ3n) is 5.68. The molecule has 0 aromatic rings. The fraction of sp³-hybridized carbons (Fsp3) is 0.882. The van der Waals surface area contributed by atoms with E-state index in [2.05, 4.69) is 22.0 Å². The zero-order valence-electron chi connectivity index (χ0n) is 14.6. The minimum atomic E-state index is -0.0402. The van der Waals surface area contributed by atoms with Crippen LogP contribution in [0.5, 0.6) is 0 Å². The predicted molar refractivity (Wildman–Crippen MR) is 89.0 cm³/mol. The average Bonchev–Trinajstić information content (AvgIpc) is 3.26. The van der Waals surface area contributed by atoms with Gasteiger partial charge in [0.1, 0.15) is 0 Å². The number of hydrogen-bond donors (Lipinski definition) is 1. The van der Waals surface area contributed by atoms with Crippen LogP contribution in [-0.2, 0) is 9.59 Å². The Bertz CT molecular complexity index is 458. The van der Waals surface area contributed by atoms with Gasteiger partial charge in [0.2, 0.25) is 11.8 Å². The third kappa shape index (κ3) is 3.86. The van der Waals surface area contributed by atoms with E-state index in [1.54, 1.807) is 6.92 Å². The lowest BCUT2D eigenvalue weighted by atomic mass is 10.0. The van der Waals surface area contributed by atoms with Gasteiger partial charge in [-0.1, -0.05) is 6.92 Å². The summed E-state index contributed by atoms with van der Waals surface area (Å²) in [6, 6.07) is 0.891. The van der Waals surface area contributed by atoms with Crippen molar-refractivity contribution in [2.45, 2.75) is 51.7 Å². The molecular weight excluding hydrogens is 292 g/mol. The molecule has 0 aromatic heterocycles. The number of carbonyl (C=O) groups is 2. The lowest BCUT2D eigenvalue weighted by Gasteiger charge is -2.39. The Morgan fingerprint density at radius 3 is 2.30 bits per heavy atom. The highest BCUT2D eigenvalue weighted by molar-refractivity contribution is 5.81. The van der Waals surface area contributed by atoms with Crippen LogP contribution in [0.15, 0.2) is 0 Å². The van der Waals surface area contributed by atoms with E-state index in [4.69, 9.17) is 0 Å². The molecule has 3 rings (SSSR count). The van der Waals surface area contributed by atoms with E-state index in [9.17, 15) is 9.59 Å². The summed E-state index contributed by atoms with van der Waals surface area (Å²) in [6.07, 6.45) is 2.27. The Morgan fingerprint density at radius 1 is 1.09 bits per heavy atom. The summed E-state index contributed by atoms with van der Waals surface area (Å²) in [6.45, 7) is 11.5. The van der Waals surface area contributed by atoms with Crippen LogP contribution in [0.25, 0.3) is 0 Å². The van der Waals surface area contributed by atoms with Gasteiger partial charge in [-0.05, 0) is 25.7 Å². The van der Waals surface area contributed by atoms with Crippen LogP contribution < -0.4 is 5.32 Å². The molecule has 2 heterocycles. The first-order valence-corrected chi connectivity index (χ1v) is 8.99. The predicted octanol–water partition coefficient (Wildman–Crippen LogP) is 0.138. The summed E-state index contributed by atoms with van der Waals surface area (Å²) in [7, 11) is 0. The maximum Gasteiger partial charge on any atom is 0.237 e. The highest BCUT2D eigenvalue weighted by Gasteiger charge is 2.39. The van der Waals surface area contributed by atoms with Gasteiger partial charge in [0, 0.05) is 58.3 Å². The van der Waals surface area contributed by atoms with E-state index in [0.29, 0.717) is 18.0 Å². The average molecular weight is 322 g/mol. The van der Waals surface area contributed by atoms with Gasteiger partial charge in [-0.15, -0.1) is 0 Å². The first-order valence-electron chi connectivity index (χ1n) is 8.99. The molecule has 1 N–H and O–H groups in total. The maximum atomic E-state index is 12.3. The first kappa shape index (κ1) is 16.7. The minimum absolute atomic E-state index is 0.0402. The normalized spacial score (nSPS) is 31.2. The van der Waals surface area contributed by atoms with Crippen molar-refractivity contribution in [2.24, 2.45) is 5.92 Å².